The first-order valence-electron chi connectivity index (χ1n) is 9.68. The van der Waals surface area contributed by atoms with Crippen LogP contribution in [0.2, 0.25) is 0 Å². The van der Waals surface area contributed by atoms with Gasteiger partial charge in [0.15, 0.2) is 5.82 Å². The predicted octanol–water partition coefficient (Wildman–Crippen LogP) is 3.53. The second-order valence-corrected chi connectivity index (χ2v) is 7.56. The highest BCUT2D eigenvalue weighted by molar-refractivity contribution is 5.91. The number of aryl methyl sites for hydroxylation is 3. The first kappa shape index (κ1) is 20.5. The number of rotatable bonds is 6. The summed E-state index contributed by atoms with van der Waals surface area (Å²) >= 11 is 0. The molecule has 0 aliphatic rings. The van der Waals surface area contributed by atoms with Crippen molar-refractivity contribution in [2.45, 2.75) is 40.5 Å². The summed E-state index contributed by atoms with van der Waals surface area (Å²) in [5, 5.41) is 7.67. The van der Waals surface area contributed by atoms with Gasteiger partial charge in [0.25, 0.3) is 0 Å². The zero-order valence-electron chi connectivity index (χ0n) is 17.9. The van der Waals surface area contributed by atoms with Gasteiger partial charge in [-0.25, -0.2) is 14.6 Å². The molecule has 0 saturated carbocycles. The molecule has 0 radical (unpaired) electrons. The Labute approximate surface area is 171 Å². The summed E-state index contributed by atoms with van der Waals surface area (Å²) < 4.78 is 1.82. The van der Waals surface area contributed by atoms with Gasteiger partial charge in [0, 0.05) is 38.0 Å². The maximum Gasteiger partial charge on any atom is 0.224 e. The topological polar surface area (TPSA) is 75.9 Å². The number of nitrogens with one attached hydrogen (secondary N) is 1. The molecule has 0 unspecified atom stereocenters. The Balaban J connectivity index is 1.74. The van der Waals surface area contributed by atoms with Crippen LogP contribution in [0, 0.1) is 27.7 Å². The third-order valence-corrected chi connectivity index (χ3v) is 5.02. The van der Waals surface area contributed by atoms with Gasteiger partial charge in [-0.15, -0.1) is 0 Å². The minimum Gasteiger partial charge on any atom is -0.363 e. The molecule has 152 valence electrons. The molecule has 0 fully saturated rings. The second kappa shape index (κ2) is 8.43. The lowest BCUT2D eigenvalue weighted by atomic mass is 10.1. The van der Waals surface area contributed by atoms with Gasteiger partial charge in [-0.3, -0.25) is 4.79 Å². The molecule has 1 N–H and O–H groups in total. The van der Waals surface area contributed by atoms with Gasteiger partial charge in [0.1, 0.15) is 12.1 Å². The van der Waals surface area contributed by atoms with Crippen molar-refractivity contribution >= 4 is 17.4 Å². The van der Waals surface area contributed by atoms with Gasteiger partial charge in [0.05, 0.1) is 5.69 Å². The molecule has 0 atom stereocenters. The molecule has 3 rings (SSSR count). The Morgan fingerprint density at radius 2 is 1.86 bits per heavy atom. The minimum atomic E-state index is 0.00202. The Hall–Kier alpha value is -3.22. The molecule has 7 heteroatoms. The van der Waals surface area contributed by atoms with Crippen molar-refractivity contribution in [2.24, 2.45) is 0 Å². The van der Waals surface area contributed by atoms with Crippen LogP contribution in [-0.4, -0.2) is 39.8 Å². The summed E-state index contributed by atoms with van der Waals surface area (Å²) in [7, 11) is 3.88. The Kier molecular flexibility index (Phi) is 5.96. The van der Waals surface area contributed by atoms with E-state index < -0.39 is 0 Å². The summed E-state index contributed by atoms with van der Waals surface area (Å²) in [6.07, 6.45) is 2.56. The van der Waals surface area contributed by atoms with Crippen molar-refractivity contribution in [1.29, 1.82) is 0 Å². The molecule has 1 aromatic carbocycles. The molecule has 3 aromatic rings. The van der Waals surface area contributed by atoms with Crippen molar-refractivity contribution in [1.82, 2.24) is 19.7 Å². The number of hydrogen-bond acceptors (Lipinski definition) is 5. The Bertz CT molecular complexity index is 1040. The Morgan fingerprint density at radius 1 is 1.10 bits per heavy atom. The molecular weight excluding hydrogens is 364 g/mol. The van der Waals surface area contributed by atoms with E-state index in [1.54, 1.807) is 6.33 Å². The number of carbonyl (C=O) groups is 1. The minimum absolute atomic E-state index is 0.00202. The number of hydrogen-bond donors (Lipinski definition) is 1. The van der Waals surface area contributed by atoms with Crippen LogP contribution in [0.25, 0.3) is 5.82 Å². The van der Waals surface area contributed by atoms with Gasteiger partial charge >= 0.3 is 0 Å². The number of nitrogens with zero attached hydrogens (tertiary/aromatic N) is 5. The van der Waals surface area contributed by atoms with Crippen LogP contribution in [0.15, 0.2) is 30.6 Å². The highest BCUT2D eigenvalue weighted by Gasteiger charge is 2.16. The van der Waals surface area contributed by atoms with E-state index >= 15 is 0 Å². The number of benzene rings is 1. The number of aromatic nitrogens is 4. The monoisotopic (exact) mass is 392 g/mol. The van der Waals surface area contributed by atoms with Crippen LogP contribution in [0.4, 0.5) is 11.5 Å². The Morgan fingerprint density at radius 3 is 2.59 bits per heavy atom. The van der Waals surface area contributed by atoms with Crippen LogP contribution < -0.4 is 10.2 Å². The molecule has 0 aliphatic carbocycles. The van der Waals surface area contributed by atoms with Crippen molar-refractivity contribution in [3.8, 4) is 5.82 Å². The quantitative estimate of drug-likeness (QED) is 0.694. The van der Waals surface area contributed by atoms with E-state index in [0.717, 1.165) is 45.4 Å². The maximum atomic E-state index is 12.5. The van der Waals surface area contributed by atoms with Crippen LogP contribution in [0.3, 0.4) is 0 Å². The first-order chi connectivity index (χ1) is 13.8. The summed E-state index contributed by atoms with van der Waals surface area (Å²) in [6.45, 7) is 7.99. The zero-order valence-corrected chi connectivity index (χ0v) is 17.9. The zero-order chi connectivity index (χ0) is 21.1. The fourth-order valence-electron chi connectivity index (χ4n) is 3.28. The summed E-state index contributed by atoms with van der Waals surface area (Å²) in [5.41, 5.74) is 6.03. The lowest BCUT2D eigenvalue weighted by molar-refractivity contribution is -0.116. The van der Waals surface area contributed by atoms with E-state index in [1.165, 1.54) is 0 Å². The summed E-state index contributed by atoms with van der Waals surface area (Å²) in [4.78, 5) is 23.0. The maximum absolute atomic E-state index is 12.5. The lowest BCUT2D eigenvalue weighted by Crippen LogP contribution is -2.14. The molecule has 1 amide bonds. The highest BCUT2D eigenvalue weighted by Crippen LogP contribution is 2.21. The standard InChI is InChI=1S/C22H28N6O/c1-14-7-8-15(2)19(11-14)25-22(29)10-9-18-16(3)26-28(17(18)4)21-12-20(27(5)6)23-13-24-21/h7-8,11-13H,9-10H2,1-6H3,(H,25,29). The predicted molar refractivity (Wildman–Crippen MR) is 116 cm³/mol. The van der Waals surface area contributed by atoms with E-state index in [0.29, 0.717) is 12.8 Å². The second-order valence-electron chi connectivity index (χ2n) is 7.56. The number of amides is 1. The van der Waals surface area contributed by atoms with Crippen LogP contribution in [-0.2, 0) is 11.2 Å². The van der Waals surface area contributed by atoms with E-state index in [4.69, 9.17) is 0 Å². The van der Waals surface area contributed by atoms with Crippen LogP contribution >= 0.6 is 0 Å². The largest absolute Gasteiger partial charge is 0.363 e. The lowest BCUT2D eigenvalue weighted by Gasteiger charge is -2.12. The van der Waals surface area contributed by atoms with Crippen molar-refractivity contribution in [2.75, 3.05) is 24.3 Å². The van der Waals surface area contributed by atoms with Crippen molar-refractivity contribution < 1.29 is 4.79 Å². The third kappa shape index (κ3) is 4.62. The average Bonchev–Trinajstić information content (AvgIpc) is 2.97. The normalized spacial score (nSPS) is 10.8. The van der Waals surface area contributed by atoms with Crippen LogP contribution in [0.5, 0.6) is 0 Å². The molecule has 7 nitrogen and oxygen atoms in total. The first-order valence-corrected chi connectivity index (χ1v) is 9.68. The van der Waals surface area contributed by atoms with Crippen LogP contribution in [0.1, 0.15) is 34.5 Å². The molecule has 0 bridgehead atoms. The van der Waals surface area contributed by atoms with Gasteiger partial charge in [-0.05, 0) is 56.9 Å². The summed E-state index contributed by atoms with van der Waals surface area (Å²) in [6, 6.07) is 7.96. The third-order valence-electron chi connectivity index (χ3n) is 5.02. The van der Waals surface area contributed by atoms with Crippen molar-refractivity contribution in [3.63, 3.8) is 0 Å². The van der Waals surface area contributed by atoms with E-state index in [2.05, 4.69) is 20.4 Å². The molecule has 2 heterocycles. The number of carbonyl (C=O) groups excluding carboxylic acids is 1. The van der Waals surface area contributed by atoms with E-state index in [1.807, 2.05) is 75.6 Å². The van der Waals surface area contributed by atoms with Gasteiger partial charge in [-0.1, -0.05) is 12.1 Å². The van der Waals surface area contributed by atoms with E-state index in [-0.39, 0.29) is 5.91 Å². The smallest absolute Gasteiger partial charge is 0.224 e. The fraction of sp³-hybridized carbons (Fsp3) is 0.364. The number of anilines is 2. The fourth-order valence-corrected chi connectivity index (χ4v) is 3.28. The molecular formula is C22H28N6O. The summed E-state index contributed by atoms with van der Waals surface area (Å²) in [5.74, 6) is 1.54. The molecule has 0 aliphatic heterocycles. The SMILES string of the molecule is Cc1ccc(C)c(NC(=O)CCc2c(C)nn(-c3cc(N(C)C)ncn3)c2C)c1. The van der Waals surface area contributed by atoms with Gasteiger partial charge in [0.2, 0.25) is 5.91 Å². The molecule has 29 heavy (non-hydrogen) atoms. The van der Waals surface area contributed by atoms with Crippen molar-refractivity contribution in [3.05, 3.63) is 58.7 Å². The molecule has 2 aromatic heterocycles. The van der Waals surface area contributed by atoms with Gasteiger partial charge in [-0.2, -0.15) is 5.10 Å². The van der Waals surface area contributed by atoms with Gasteiger partial charge < -0.3 is 10.2 Å². The average molecular weight is 393 g/mol. The van der Waals surface area contributed by atoms with E-state index in [9.17, 15) is 4.79 Å². The highest BCUT2D eigenvalue weighted by atomic mass is 16.1. The molecule has 0 saturated heterocycles. The molecule has 0 spiro atoms.